The Hall–Kier alpha value is -2.48. The highest BCUT2D eigenvalue weighted by Crippen LogP contribution is 2.16. The fraction of sp³-hybridized carbons (Fsp3) is 0.133. The second-order valence-corrected chi connectivity index (χ2v) is 5.80. The molecule has 118 valence electrons. The van der Waals surface area contributed by atoms with Gasteiger partial charge in [-0.15, -0.1) is 0 Å². The quantitative estimate of drug-likeness (QED) is 0.760. The number of carbonyl (C=O) groups excluding carboxylic acids is 1. The largest absolute Gasteiger partial charge is 0.304 e. The van der Waals surface area contributed by atoms with Crippen molar-refractivity contribution in [3.63, 3.8) is 0 Å². The van der Waals surface area contributed by atoms with Crippen molar-refractivity contribution in [1.82, 2.24) is 19.6 Å². The molecule has 2 heterocycles. The van der Waals surface area contributed by atoms with Crippen LogP contribution in [0, 0.1) is 5.82 Å². The highest BCUT2D eigenvalue weighted by atomic mass is 79.9. The van der Waals surface area contributed by atoms with Gasteiger partial charge in [-0.1, -0.05) is 12.1 Å². The molecular weight excluding hydrogens is 365 g/mol. The molecule has 23 heavy (non-hydrogen) atoms. The van der Waals surface area contributed by atoms with Crippen LogP contribution in [0.25, 0.3) is 0 Å². The zero-order chi connectivity index (χ0) is 16.4. The van der Waals surface area contributed by atoms with Crippen LogP contribution in [0.1, 0.15) is 16.1 Å². The van der Waals surface area contributed by atoms with Gasteiger partial charge in [-0.25, -0.2) is 4.39 Å². The van der Waals surface area contributed by atoms with Crippen molar-refractivity contribution >= 4 is 27.7 Å². The minimum Gasteiger partial charge on any atom is -0.304 e. The third kappa shape index (κ3) is 3.48. The molecular formula is C15H13BrFN5O. The Morgan fingerprint density at radius 1 is 1.39 bits per heavy atom. The third-order valence-electron chi connectivity index (χ3n) is 3.23. The number of nitrogens with zero attached hydrogens (tertiary/aromatic N) is 4. The van der Waals surface area contributed by atoms with Gasteiger partial charge in [0.25, 0.3) is 5.91 Å². The van der Waals surface area contributed by atoms with Crippen LogP contribution in [0.4, 0.5) is 10.2 Å². The summed E-state index contributed by atoms with van der Waals surface area (Å²) in [4.78, 5) is 12.2. The van der Waals surface area contributed by atoms with Crippen LogP contribution in [-0.4, -0.2) is 25.5 Å². The summed E-state index contributed by atoms with van der Waals surface area (Å²) in [7, 11) is 1.68. The van der Waals surface area contributed by atoms with E-state index in [0.717, 1.165) is 5.56 Å². The SMILES string of the molecule is Cn1ncc(Br)c1C(=O)Nc1ccn(Cc2cccc(F)c2)n1. The molecule has 3 aromatic rings. The van der Waals surface area contributed by atoms with Crippen molar-refractivity contribution in [1.29, 1.82) is 0 Å². The lowest BCUT2D eigenvalue weighted by molar-refractivity contribution is 0.101. The van der Waals surface area contributed by atoms with E-state index in [2.05, 4.69) is 31.4 Å². The molecule has 1 N–H and O–H groups in total. The standard InChI is InChI=1S/C15H13BrFN5O/c1-21-14(12(16)8-18-21)15(23)19-13-5-6-22(20-13)9-10-3-2-4-11(17)7-10/h2-8H,9H2,1H3,(H,19,20,23). The molecule has 2 aromatic heterocycles. The molecule has 0 atom stereocenters. The van der Waals surface area contributed by atoms with E-state index in [0.29, 0.717) is 22.5 Å². The van der Waals surface area contributed by atoms with E-state index < -0.39 is 0 Å². The number of hydrogen-bond donors (Lipinski definition) is 1. The molecule has 0 radical (unpaired) electrons. The minimum absolute atomic E-state index is 0.288. The van der Waals surface area contributed by atoms with E-state index in [-0.39, 0.29) is 11.7 Å². The van der Waals surface area contributed by atoms with Crippen molar-refractivity contribution in [2.75, 3.05) is 5.32 Å². The van der Waals surface area contributed by atoms with Crippen LogP contribution in [0.15, 0.2) is 47.2 Å². The predicted octanol–water partition coefficient (Wildman–Crippen LogP) is 2.82. The number of aryl methyl sites for hydroxylation is 1. The van der Waals surface area contributed by atoms with Crippen molar-refractivity contribution in [3.8, 4) is 0 Å². The second kappa shape index (κ2) is 6.33. The van der Waals surface area contributed by atoms with Gasteiger partial charge in [0.05, 0.1) is 17.2 Å². The summed E-state index contributed by atoms with van der Waals surface area (Å²) in [6, 6.07) is 7.99. The van der Waals surface area contributed by atoms with E-state index in [1.54, 1.807) is 36.3 Å². The third-order valence-corrected chi connectivity index (χ3v) is 3.81. The molecule has 0 spiro atoms. The van der Waals surface area contributed by atoms with Crippen LogP contribution in [-0.2, 0) is 13.6 Å². The molecule has 0 aliphatic heterocycles. The number of anilines is 1. The van der Waals surface area contributed by atoms with Gasteiger partial charge in [0.2, 0.25) is 0 Å². The van der Waals surface area contributed by atoms with E-state index in [1.165, 1.54) is 16.8 Å². The maximum Gasteiger partial charge on any atom is 0.276 e. The van der Waals surface area contributed by atoms with Crippen LogP contribution in [0.5, 0.6) is 0 Å². The van der Waals surface area contributed by atoms with Crippen molar-refractivity contribution < 1.29 is 9.18 Å². The Bertz CT molecular complexity index is 838. The zero-order valence-electron chi connectivity index (χ0n) is 12.2. The van der Waals surface area contributed by atoms with Crippen molar-refractivity contribution in [2.45, 2.75) is 6.54 Å². The topological polar surface area (TPSA) is 64.7 Å². The Labute approximate surface area is 140 Å². The van der Waals surface area contributed by atoms with Crippen LogP contribution >= 0.6 is 15.9 Å². The predicted molar refractivity (Wildman–Crippen MR) is 86.6 cm³/mol. The van der Waals surface area contributed by atoms with Gasteiger partial charge in [0.15, 0.2) is 5.82 Å². The zero-order valence-corrected chi connectivity index (χ0v) is 13.8. The molecule has 0 bridgehead atoms. The molecule has 0 saturated carbocycles. The van der Waals surface area contributed by atoms with Gasteiger partial charge in [-0.3, -0.25) is 14.2 Å². The first-order valence-corrected chi connectivity index (χ1v) is 7.59. The van der Waals surface area contributed by atoms with Crippen molar-refractivity contribution in [2.24, 2.45) is 7.05 Å². The van der Waals surface area contributed by atoms with Crippen LogP contribution in [0.3, 0.4) is 0 Å². The lowest BCUT2D eigenvalue weighted by Crippen LogP contribution is -2.17. The Morgan fingerprint density at radius 2 is 2.22 bits per heavy atom. The Morgan fingerprint density at radius 3 is 2.91 bits per heavy atom. The summed E-state index contributed by atoms with van der Waals surface area (Å²) in [6.45, 7) is 0.420. The minimum atomic E-state index is -0.312. The van der Waals surface area contributed by atoms with Gasteiger partial charge < -0.3 is 5.32 Å². The smallest absolute Gasteiger partial charge is 0.276 e. The van der Waals surface area contributed by atoms with E-state index in [9.17, 15) is 9.18 Å². The molecule has 0 unspecified atom stereocenters. The van der Waals surface area contributed by atoms with Crippen LogP contribution in [0.2, 0.25) is 0 Å². The summed E-state index contributed by atoms with van der Waals surface area (Å²) in [5.74, 6) is -0.184. The maximum absolute atomic E-state index is 13.2. The van der Waals surface area contributed by atoms with Crippen molar-refractivity contribution in [3.05, 3.63) is 64.3 Å². The van der Waals surface area contributed by atoms with Gasteiger partial charge in [0.1, 0.15) is 11.5 Å². The summed E-state index contributed by atoms with van der Waals surface area (Å²) in [6.07, 6.45) is 3.27. The first-order chi connectivity index (χ1) is 11.0. The number of nitrogens with one attached hydrogen (secondary N) is 1. The van der Waals surface area contributed by atoms with E-state index in [4.69, 9.17) is 0 Å². The molecule has 6 nitrogen and oxygen atoms in total. The number of hydrogen-bond acceptors (Lipinski definition) is 3. The monoisotopic (exact) mass is 377 g/mol. The lowest BCUT2D eigenvalue weighted by Gasteiger charge is -2.04. The highest BCUT2D eigenvalue weighted by molar-refractivity contribution is 9.10. The average molecular weight is 378 g/mol. The summed E-state index contributed by atoms with van der Waals surface area (Å²) >= 11 is 3.28. The number of halogens is 2. The lowest BCUT2D eigenvalue weighted by atomic mass is 10.2. The summed E-state index contributed by atoms with van der Waals surface area (Å²) in [5, 5.41) is 11.0. The molecule has 8 heteroatoms. The average Bonchev–Trinajstić information content (AvgIpc) is 3.06. The van der Waals surface area contributed by atoms with Gasteiger partial charge in [-0.2, -0.15) is 10.2 Å². The summed E-state index contributed by atoms with van der Waals surface area (Å²) < 4.78 is 16.9. The molecule has 0 aliphatic carbocycles. The summed E-state index contributed by atoms with van der Waals surface area (Å²) in [5.41, 5.74) is 1.20. The number of amides is 1. The van der Waals surface area contributed by atoms with Crippen LogP contribution < -0.4 is 5.32 Å². The molecule has 0 saturated heterocycles. The van der Waals surface area contributed by atoms with Gasteiger partial charge in [0, 0.05) is 19.3 Å². The molecule has 1 aromatic carbocycles. The maximum atomic E-state index is 13.2. The Kier molecular flexibility index (Phi) is 4.24. The highest BCUT2D eigenvalue weighted by Gasteiger charge is 2.16. The fourth-order valence-electron chi connectivity index (χ4n) is 2.18. The van der Waals surface area contributed by atoms with Gasteiger partial charge in [-0.05, 0) is 33.6 Å². The second-order valence-electron chi connectivity index (χ2n) is 4.95. The molecule has 3 rings (SSSR count). The Balaban J connectivity index is 1.71. The van der Waals surface area contributed by atoms with E-state index >= 15 is 0 Å². The van der Waals surface area contributed by atoms with Gasteiger partial charge >= 0.3 is 0 Å². The van der Waals surface area contributed by atoms with E-state index in [1.807, 2.05) is 6.07 Å². The number of rotatable bonds is 4. The molecule has 1 amide bonds. The number of benzene rings is 1. The molecule has 0 aliphatic rings. The fourth-order valence-corrected chi connectivity index (χ4v) is 2.71. The normalized spacial score (nSPS) is 10.7. The number of carbonyl (C=O) groups is 1. The molecule has 0 fully saturated rings. The first kappa shape index (κ1) is 15.4. The first-order valence-electron chi connectivity index (χ1n) is 6.79. The number of aromatic nitrogens is 4.